The number of nitrogens with zero attached hydrogens (tertiary/aromatic N) is 4. The summed E-state index contributed by atoms with van der Waals surface area (Å²) in [7, 11) is 0. The zero-order valence-corrected chi connectivity index (χ0v) is 17.1. The van der Waals surface area contributed by atoms with Crippen LogP contribution in [0.5, 0.6) is 0 Å². The normalized spacial score (nSPS) is 22.1. The van der Waals surface area contributed by atoms with Crippen LogP contribution in [0, 0.1) is 19.8 Å². The standard InChI is InChI=1S/C21H25N5OS/c1-11-19(20(24-12(2)23-11)25-15-6-3-13(7-15)10-27)21-26-17-9-22-16(14-4-5-14)8-18(17)28-21/h8-9,13-15,27H,3-7,10H2,1-2H3,(H,23,24,25). The molecule has 7 heteroatoms. The summed E-state index contributed by atoms with van der Waals surface area (Å²) in [5.74, 6) is 2.65. The molecule has 0 radical (unpaired) electrons. The lowest BCUT2D eigenvalue weighted by Crippen LogP contribution is -2.18. The van der Waals surface area contributed by atoms with Gasteiger partial charge >= 0.3 is 0 Å². The molecule has 0 saturated heterocycles. The van der Waals surface area contributed by atoms with Crippen molar-refractivity contribution in [2.75, 3.05) is 11.9 Å². The highest BCUT2D eigenvalue weighted by Gasteiger charge is 2.27. The minimum atomic E-state index is 0.265. The van der Waals surface area contributed by atoms with Gasteiger partial charge in [0.25, 0.3) is 0 Å². The third-order valence-electron chi connectivity index (χ3n) is 5.85. The van der Waals surface area contributed by atoms with E-state index in [1.165, 1.54) is 23.2 Å². The SMILES string of the molecule is Cc1nc(C)c(-c2nc3cnc(C4CC4)cc3s2)c(NC2CCC(CO)C2)n1. The van der Waals surface area contributed by atoms with Crippen molar-refractivity contribution >= 4 is 27.4 Å². The number of pyridine rings is 1. The molecule has 5 rings (SSSR count). The highest BCUT2D eigenvalue weighted by molar-refractivity contribution is 7.21. The number of nitrogens with one attached hydrogen (secondary N) is 1. The van der Waals surface area contributed by atoms with E-state index in [0.29, 0.717) is 17.9 Å². The molecule has 0 amide bonds. The van der Waals surface area contributed by atoms with Crippen molar-refractivity contribution in [2.24, 2.45) is 5.92 Å². The van der Waals surface area contributed by atoms with Gasteiger partial charge in [-0.2, -0.15) is 0 Å². The Morgan fingerprint density at radius 1 is 1.14 bits per heavy atom. The molecular weight excluding hydrogens is 370 g/mol. The van der Waals surface area contributed by atoms with Gasteiger partial charge in [-0.1, -0.05) is 0 Å². The first kappa shape index (κ1) is 17.9. The van der Waals surface area contributed by atoms with E-state index in [0.717, 1.165) is 52.7 Å². The van der Waals surface area contributed by atoms with E-state index in [9.17, 15) is 5.11 Å². The zero-order chi connectivity index (χ0) is 19.3. The summed E-state index contributed by atoms with van der Waals surface area (Å²) in [4.78, 5) is 18.8. The molecule has 0 aromatic carbocycles. The summed E-state index contributed by atoms with van der Waals surface area (Å²) in [6.07, 6.45) is 7.50. The van der Waals surface area contributed by atoms with Crippen molar-refractivity contribution in [3.63, 3.8) is 0 Å². The molecule has 2 aliphatic rings. The first-order valence-corrected chi connectivity index (χ1v) is 10.9. The molecular formula is C21H25N5OS. The number of aliphatic hydroxyl groups is 1. The lowest BCUT2D eigenvalue weighted by atomic mass is 10.1. The number of hydrogen-bond donors (Lipinski definition) is 2. The van der Waals surface area contributed by atoms with Crippen molar-refractivity contribution in [3.8, 4) is 10.6 Å². The minimum Gasteiger partial charge on any atom is -0.396 e. The molecule has 0 spiro atoms. The van der Waals surface area contributed by atoms with E-state index >= 15 is 0 Å². The van der Waals surface area contributed by atoms with Crippen LogP contribution < -0.4 is 5.32 Å². The molecule has 146 valence electrons. The first-order chi connectivity index (χ1) is 13.6. The van der Waals surface area contributed by atoms with Gasteiger partial charge in [-0.05, 0) is 57.9 Å². The van der Waals surface area contributed by atoms with Crippen LogP contribution in [-0.2, 0) is 0 Å². The van der Waals surface area contributed by atoms with Gasteiger partial charge in [0, 0.05) is 24.3 Å². The van der Waals surface area contributed by atoms with Gasteiger partial charge in [0.2, 0.25) is 0 Å². The Hall–Kier alpha value is -2.12. The maximum atomic E-state index is 9.45. The van der Waals surface area contributed by atoms with Crippen molar-refractivity contribution in [1.29, 1.82) is 0 Å². The van der Waals surface area contributed by atoms with Gasteiger partial charge < -0.3 is 10.4 Å². The van der Waals surface area contributed by atoms with E-state index in [1.807, 2.05) is 20.0 Å². The summed E-state index contributed by atoms with van der Waals surface area (Å²) in [5.41, 5.74) is 4.07. The highest BCUT2D eigenvalue weighted by Crippen LogP contribution is 2.42. The molecule has 3 aromatic heterocycles. The zero-order valence-electron chi connectivity index (χ0n) is 16.3. The highest BCUT2D eigenvalue weighted by atomic mass is 32.1. The fraction of sp³-hybridized carbons (Fsp3) is 0.524. The van der Waals surface area contributed by atoms with Gasteiger partial charge in [0.15, 0.2) is 0 Å². The van der Waals surface area contributed by atoms with Crippen LogP contribution in [0.2, 0.25) is 0 Å². The molecule has 2 fully saturated rings. The maximum Gasteiger partial charge on any atom is 0.140 e. The Labute approximate surface area is 168 Å². The minimum absolute atomic E-state index is 0.265. The Morgan fingerprint density at radius 3 is 2.75 bits per heavy atom. The monoisotopic (exact) mass is 395 g/mol. The summed E-state index contributed by atoms with van der Waals surface area (Å²) >= 11 is 1.70. The average Bonchev–Trinajstić information content (AvgIpc) is 3.28. The van der Waals surface area contributed by atoms with E-state index in [2.05, 4.69) is 21.4 Å². The fourth-order valence-electron chi connectivity index (χ4n) is 4.19. The molecule has 6 nitrogen and oxygen atoms in total. The first-order valence-electron chi connectivity index (χ1n) is 10.1. The Balaban J connectivity index is 1.52. The lowest BCUT2D eigenvalue weighted by molar-refractivity contribution is 0.229. The molecule has 0 bridgehead atoms. The fourth-order valence-corrected chi connectivity index (χ4v) is 5.28. The van der Waals surface area contributed by atoms with E-state index in [4.69, 9.17) is 9.97 Å². The van der Waals surface area contributed by atoms with Crippen LogP contribution in [0.25, 0.3) is 20.8 Å². The Kier molecular flexibility index (Phi) is 4.51. The van der Waals surface area contributed by atoms with E-state index in [1.54, 1.807) is 11.3 Å². The van der Waals surface area contributed by atoms with E-state index in [-0.39, 0.29) is 6.61 Å². The third-order valence-corrected chi connectivity index (χ3v) is 6.88. The van der Waals surface area contributed by atoms with Crippen LogP contribution in [0.4, 0.5) is 5.82 Å². The van der Waals surface area contributed by atoms with Crippen LogP contribution >= 0.6 is 11.3 Å². The van der Waals surface area contributed by atoms with Crippen LogP contribution in [0.15, 0.2) is 12.3 Å². The molecule has 3 aromatic rings. The summed E-state index contributed by atoms with van der Waals surface area (Å²) in [6.45, 7) is 4.22. The third kappa shape index (κ3) is 3.37. The summed E-state index contributed by atoms with van der Waals surface area (Å²) in [5, 5.41) is 14.0. The van der Waals surface area contributed by atoms with E-state index < -0.39 is 0 Å². The number of aromatic nitrogens is 4. The number of aryl methyl sites for hydroxylation is 2. The summed E-state index contributed by atoms with van der Waals surface area (Å²) < 4.78 is 1.18. The number of rotatable bonds is 5. The predicted octanol–water partition coefficient (Wildman–Crippen LogP) is 4.22. The topological polar surface area (TPSA) is 83.8 Å². The molecule has 28 heavy (non-hydrogen) atoms. The number of fused-ring (bicyclic) bond motifs is 1. The smallest absolute Gasteiger partial charge is 0.140 e. The van der Waals surface area contributed by atoms with Crippen LogP contribution in [0.1, 0.15) is 55.2 Å². The van der Waals surface area contributed by atoms with Crippen molar-refractivity contribution in [2.45, 2.75) is 57.9 Å². The van der Waals surface area contributed by atoms with Gasteiger partial charge in [0.1, 0.15) is 22.2 Å². The second kappa shape index (κ2) is 7.04. The average molecular weight is 396 g/mol. The predicted molar refractivity (Wildman–Crippen MR) is 112 cm³/mol. The quantitative estimate of drug-likeness (QED) is 0.673. The van der Waals surface area contributed by atoms with Crippen molar-refractivity contribution in [1.82, 2.24) is 19.9 Å². The second-order valence-corrected chi connectivity index (χ2v) is 9.18. The number of thiazole rings is 1. The van der Waals surface area contributed by atoms with Crippen LogP contribution in [-0.4, -0.2) is 37.7 Å². The second-order valence-electron chi connectivity index (χ2n) is 8.15. The lowest BCUT2D eigenvalue weighted by Gasteiger charge is -2.17. The largest absolute Gasteiger partial charge is 0.396 e. The number of anilines is 1. The molecule has 2 aliphatic carbocycles. The number of hydrogen-bond acceptors (Lipinski definition) is 7. The van der Waals surface area contributed by atoms with Crippen molar-refractivity contribution < 1.29 is 5.11 Å². The van der Waals surface area contributed by atoms with Crippen molar-refractivity contribution in [3.05, 3.63) is 29.5 Å². The molecule has 2 unspecified atom stereocenters. The van der Waals surface area contributed by atoms with Crippen LogP contribution in [0.3, 0.4) is 0 Å². The molecule has 2 atom stereocenters. The van der Waals surface area contributed by atoms with Gasteiger partial charge in [-0.15, -0.1) is 11.3 Å². The Bertz CT molecular complexity index is 1030. The summed E-state index contributed by atoms with van der Waals surface area (Å²) in [6, 6.07) is 2.54. The molecule has 2 N–H and O–H groups in total. The maximum absolute atomic E-state index is 9.45. The molecule has 3 heterocycles. The Morgan fingerprint density at radius 2 is 2.00 bits per heavy atom. The molecule has 2 saturated carbocycles. The number of aliphatic hydroxyl groups excluding tert-OH is 1. The van der Waals surface area contributed by atoms with Gasteiger partial charge in [0.05, 0.1) is 22.2 Å². The van der Waals surface area contributed by atoms with Gasteiger partial charge in [-0.3, -0.25) is 4.98 Å². The van der Waals surface area contributed by atoms with Gasteiger partial charge in [-0.25, -0.2) is 15.0 Å². The molecule has 0 aliphatic heterocycles.